The molecule has 6 heteroatoms. The molecule has 0 bridgehead atoms. The topological polar surface area (TPSA) is 69.7 Å². The molecular weight excluding hydrogens is 252 g/mol. The highest BCUT2D eigenvalue weighted by atomic mass is 15.4. The maximum atomic E-state index is 4.60. The Morgan fingerprint density at radius 2 is 2.15 bits per heavy atom. The third-order valence-electron chi connectivity index (χ3n) is 3.57. The van der Waals surface area contributed by atoms with Crippen LogP contribution in [0, 0.1) is 0 Å². The molecule has 0 radical (unpaired) electrons. The summed E-state index contributed by atoms with van der Waals surface area (Å²) in [5.41, 5.74) is 1.27. The molecule has 106 valence electrons. The fourth-order valence-electron chi connectivity index (χ4n) is 2.46. The van der Waals surface area contributed by atoms with E-state index in [2.05, 4.69) is 37.3 Å². The predicted molar refractivity (Wildman–Crippen MR) is 77.7 cm³/mol. The van der Waals surface area contributed by atoms with Gasteiger partial charge < -0.3 is 10.2 Å². The van der Waals surface area contributed by atoms with Crippen molar-refractivity contribution in [2.75, 3.05) is 24.5 Å². The van der Waals surface area contributed by atoms with Crippen molar-refractivity contribution in [1.29, 1.82) is 0 Å². The molecule has 2 N–H and O–H groups in total. The van der Waals surface area contributed by atoms with E-state index >= 15 is 0 Å². The lowest BCUT2D eigenvalue weighted by atomic mass is 10.1. The first kappa shape index (κ1) is 13.1. The van der Waals surface area contributed by atoms with Crippen LogP contribution in [-0.4, -0.2) is 45.8 Å². The molecule has 1 fully saturated rings. The van der Waals surface area contributed by atoms with E-state index in [-0.39, 0.29) is 0 Å². The number of pyridine rings is 1. The van der Waals surface area contributed by atoms with Crippen LogP contribution in [0.1, 0.15) is 18.3 Å². The Morgan fingerprint density at radius 3 is 2.95 bits per heavy atom. The minimum absolute atomic E-state index is 0.488. The molecular formula is C14H20N6. The zero-order valence-electron chi connectivity index (χ0n) is 11.7. The van der Waals surface area contributed by atoms with Crippen LogP contribution in [0.4, 0.5) is 5.95 Å². The predicted octanol–water partition coefficient (Wildman–Crippen LogP) is 0.783. The highest BCUT2D eigenvalue weighted by Crippen LogP contribution is 2.11. The highest BCUT2D eigenvalue weighted by molar-refractivity contribution is 5.30. The molecule has 1 aliphatic heterocycles. The van der Waals surface area contributed by atoms with Crippen molar-refractivity contribution >= 4 is 5.95 Å². The second-order valence-electron chi connectivity index (χ2n) is 5.24. The van der Waals surface area contributed by atoms with Crippen LogP contribution < -0.4 is 10.2 Å². The summed E-state index contributed by atoms with van der Waals surface area (Å²) < 4.78 is 0. The summed E-state index contributed by atoms with van der Waals surface area (Å²) in [6, 6.07) is 4.56. The Hall–Kier alpha value is -1.95. The number of nitrogens with one attached hydrogen (secondary N) is 2. The van der Waals surface area contributed by atoms with Gasteiger partial charge in [0.05, 0.1) is 0 Å². The lowest BCUT2D eigenvalue weighted by molar-refractivity contribution is 0.479. The average Bonchev–Trinajstić information content (AvgIpc) is 2.95. The molecule has 1 aliphatic rings. The Labute approximate surface area is 118 Å². The number of hydrogen-bond acceptors (Lipinski definition) is 5. The van der Waals surface area contributed by atoms with Gasteiger partial charge in [0.2, 0.25) is 5.95 Å². The molecule has 1 saturated heterocycles. The number of H-pyrrole nitrogens is 1. The molecule has 3 heterocycles. The lowest BCUT2D eigenvalue weighted by Gasteiger charge is -2.30. The Balaban J connectivity index is 1.59. The second kappa shape index (κ2) is 6.00. The van der Waals surface area contributed by atoms with E-state index in [1.165, 1.54) is 5.56 Å². The summed E-state index contributed by atoms with van der Waals surface area (Å²) in [5, 5.41) is 10.8. The Morgan fingerprint density at radius 1 is 1.30 bits per heavy atom. The standard InChI is InChI=1S/C14H20N6/c1-11-10-20(9-8-16-11)14-17-13(18-19-14)3-2-12-4-6-15-7-5-12/h4-7,11,16H,2-3,8-10H2,1H3,(H,17,18,19). The molecule has 1 atom stereocenters. The van der Waals surface area contributed by atoms with E-state index < -0.39 is 0 Å². The van der Waals surface area contributed by atoms with Gasteiger partial charge in [-0.3, -0.25) is 10.1 Å². The molecule has 2 aromatic heterocycles. The number of anilines is 1. The molecule has 1 unspecified atom stereocenters. The van der Waals surface area contributed by atoms with Gasteiger partial charge in [0.15, 0.2) is 0 Å². The minimum Gasteiger partial charge on any atom is -0.337 e. The van der Waals surface area contributed by atoms with Crippen molar-refractivity contribution in [2.45, 2.75) is 25.8 Å². The highest BCUT2D eigenvalue weighted by Gasteiger charge is 2.19. The van der Waals surface area contributed by atoms with E-state index in [0.717, 1.165) is 44.2 Å². The third kappa shape index (κ3) is 3.14. The molecule has 0 aromatic carbocycles. The first-order chi connectivity index (χ1) is 9.81. The van der Waals surface area contributed by atoms with Crippen LogP contribution in [0.15, 0.2) is 24.5 Å². The van der Waals surface area contributed by atoms with Gasteiger partial charge in [-0.2, -0.15) is 4.98 Å². The van der Waals surface area contributed by atoms with Gasteiger partial charge in [-0.15, -0.1) is 5.10 Å². The van der Waals surface area contributed by atoms with Crippen LogP contribution in [0.5, 0.6) is 0 Å². The Bertz CT molecular complexity index is 538. The monoisotopic (exact) mass is 272 g/mol. The van der Waals surface area contributed by atoms with Crippen LogP contribution in [-0.2, 0) is 12.8 Å². The lowest BCUT2D eigenvalue weighted by Crippen LogP contribution is -2.49. The largest absolute Gasteiger partial charge is 0.337 e. The fraction of sp³-hybridized carbons (Fsp3) is 0.500. The maximum Gasteiger partial charge on any atom is 0.244 e. The number of aromatic nitrogens is 4. The van der Waals surface area contributed by atoms with Crippen LogP contribution >= 0.6 is 0 Å². The quantitative estimate of drug-likeness (QED) is 0.861. The molecule has 2 aromatic rings. The minimum atomic E-state index is 0.488. The molecule has 0 aliphatic carbocycles. The van der Waals surface area contributed by atoms with Crippen molar-refractivity contribution in [2.24, 2.45) is 0 Å². The number of nitrogens with zero attached hydrogens (tertiary/aromatic N) is 4. The van der Waals surface area contributed by atoms with E-state index in [1.807, 2.05) is 24.5 Å². The van der Waals surface area contributed by atoms with Gasteiger partial charge in [0.1, 0.15) is 5.82 Å². The second-order valence-corrected chi connectivity index (χ2v) is 5.24. The van der Waals surface area contributed by atoms with E-state index in [1.54, 1.807) is 0 Å². The van der Waals surface area contributed by atoms with Crippen molar-refractivity contribution in [3.05, 3.63) is 35.9 Å². The zero-order chi connectivity index (χ0) is 13.8. The summed E-state index contributed by atoms with van der Waals surface area (Å²) in [4.78, 5) is 10.9. The van der Waals surface area contributed by atoms with E-state index in [9.17, 15) is 0 Å². The molecule has 3 rings (SSSR count). The first-order valence-electron chi connectivity index (χ1n) is 7.10. The van der Waals surface area contributed by atoms with Gasteiger partial charge in [0, 0.05) is 44.5 Å². The third-order valence-corrected chi connectivity index (χ3v) is 3.57. The first-order valence-corrected chi connectivity index (χ1v) is 7.10. The van der Waals surface area contributed by atoms with Crippen molar-refractivity contribution in [1.82, 2.24) is 25.5 Å². The van der Waals surface area contributed by atoms with Crippen LogP contribution in [0.2, 0.25) is 0 Å². The van der Waals surface area contributed by atoms with Gasteiger partial charge in [-0.1, -0.05) is 0 Å². The Kier molecular flexibility index (Phi) is 3.92. The summed E-state index contributed by atoms with van der Waals surface area (Å²) in [6.45, 7) is 5.10. The van der Waals surface area contributed by atoms with E-state index in [0.29, 0.717) is 6.04 Å². The average molecular weight is 272 g/mol. The van der Waals surface area contributed by atoms with Crippen LogP contribution in [0.25, 0.3) is 0 Å². The molecule has 0 amide bonds. The van der Waals surface area contributed by atoms with Gasteiger partial charge in [-0.25, -0.2) is 0 Å². The number of aryl methyl sites for hydroxylation is 2. The molecule has 0 saturated carbocycles. The number of piperazine rings is 1. The SMILES string of the molecule is CC1CN(c2n[nH]c(CCc3ccncc3)n2)CCN1. The van der Waals surface area contributed by atoms with Crippen molar-refractivity contribution < 1.29 is 0 Å². The molecule has 20 heavy (non-hydrogen) atoms. The van der Waals surface area contributed by atoms with E-state index in [4.69, 9.17) is 0 Å². The smallest absolute Gasteiger partial charge is 0.244 e. The number of rotatable bonds is 4. The van der Waals surface area contributed by atoms with Crippen molar-refractivity contribution in [3.8, 4) is 0 Å². The summed E-state index contributed by atoms with van der Waals surface area (Å²) >= 11 is 0. The normalized spacial score (nSPS) is 19.2. The fourth-order valence-corrected chi connectivity index (χ4v) is 2.46. The van der Waals surface area contributed by atoms with Gasteiger partial charge in [-0.05, 0) is 31.0 Å². The van der Waals surface area contributed by atoms with Crippen LogP contribution in [0.3, 0.4) is 0 Å². The summed E-state index contributed by atoms with van der Waals surface area (Å²) in [7, 11) is 0. The summed E-state index contributed by atoms with van der Waals surface area (Å²) in [5.74, 6) is 1.77. The number of aromatic amines is 1. The van der Waals surface area contributed by atoms with Crippen molar-refractivity contribution in [3.63, 3.8) is 0 Å². The molecule has 6 nitrogen and oxygen atoms in total. The number of hydrogen-bond donors (Lipinski definition) is 2. The van der Waals surface area contributed by atoms with Gasteiger partial charge in [0.25, 0.3) is 0 Å². The zero-order valence-corrected chi connectivity index (χ0v) is 11.7. The molecule has 0 spiro atoms. The van der Waals surface area contributed by atoms with Gasteiger partial charge >= 0.3 is 0 Å². The maximum absolute atomic E-state index is 4.60. The summed E-state index contributed by atoms with van der Waals surface area (Å²) in [6.07, 6.45) is 5.47.